The first-order valence-electron chi connectivity index (χ1n) is 10.2. The van der Waals surface area contributed by atoms with E-state index < -0.39 is 0 Å². The first-order valence-corrected chi connectivity index (χ1v) is 11.2. The molecular weight excluding hydrogens is 436 g/mol. The highest BCUT2D eigenvalue weighted by Crippen LogP contribution is 2.22. The van der Waals surface area contributed by atoms with Gasteiger partial charge < -0.3 is 4.74 Å². The fourth-order valence-corrected chi connectivity index (χ4v) is 4.06. The van der Waals surface area contributed by atoms with Gasteiger partial charge in [0.05, 0.1) is 35.7 Å². The van der Waals surface area contributed by atoms with Crippen LogP contribution in [0.4, 0.5) is 0 Å². The van der Waals surface area contributed by atoms with E-state index in [0.717, 1.165) is 11.1 Å². The number of rotatable bonds is 7. The van der Waals surface area contributed by atoms with Gasteiger partial charge in [-0.2, -0.15) is 5.10 Å². The normalized spacial score (nSPS) is 11.1. The fraction of sp³-hybridized carbons (Fsp3) is 0.120. The zero-order chi connectivity index (χ0) is 23.2. The molecule has 33 heavy (non-hydrogen) atoms. The molecule has 0 fully saturated rings. The fourth-order valence-electron chi connectivity index (χ4n) is 3.26. The molecule has 0 aliphatic heterocycles. The van der Waals surface area contributed by atoms with Gasteiger partial charge >= 0.3 is 0 Å². The Morgan fingerprint density at radius 3 is 2.67 bits per heavy atom. The Balaban J connectivity index is 1.57. The summed E-state index contributed by atoms with van der Waals surface area (Å²) in [6, 6.07) is 22.1. The molecule has 0 unspecified atom stereocenters. The standard InChI is InChI=1S/C25H22N4O3S/c1-17-6-5-7-18(14-17)15-26-28-23(30)16-33-25-27-22-9-4-3-8-21(22)24(31)29(25)19-10-12-20(32-2)13-11-19/h3-15H,16H2,1-2H3,(H,28,30)/b26-15-. The van der Waals surface area contributed by atoms with Gasteiger partial charge in [0, 0.05) is 0 Å². The highest BCUT2D eigenvalue weighted by Gasteiger charge is 2.15. The number of aromatic nitrogens is 2. The van der Waals surface area contributed by atoms with Gasteiger partial charge in [0.15, 0.2) is 5.16 Å². The summed E-state index contributed by atoms with van der Waals surface area (Å²) in [7, 11) is 1.58. The Morgan fingerprint density at radius 1 is 1.12 bits per heavy atom. The van der Waals surface area contributed by atoms with Crippen molar-refractivity contribution in [1.29, 1.82) is 0 Å². The van der Waals surface area contributed by atoms with Crippen LogP contribution in [-0.2, 0) is 4.79 Å². The van der Waals surface area contributed by atoms with Crippen molar-refractivity contribution in [1.82, 2.24) is 15.0 Å². The van der Waals surface area contributed by atoms with Crippen molar-refractivity contribution in [2.75, 3.05) is 12.9 Å². The first-order chi connectivity index (χ1) is 16.0. The van der Waals surface area contributed by atoms with Crippen molar-refractivity contribution in [3.8, 4) is 11.4 Å². The minimum absolute atomic E-state index is 0.0477. The number of hydrogen-bond donors (Lipinski definition) is 1. The summed E-state index contributed by atoms with van der Waals surface area (Å²) in [6.07, 6.45) is 1.59. The number of ether oxygens (including phenoxy) is 1. The third kappa shape index (κ3) is 5.30. The lowest BCUT2D eigenvalue weighted by Gasteiger charge is -2.13. The number of thioether (sulfide) groups is 1. The van der Waals surface area contributed by atoms with Gasteiger partial charge in [0.1, 0.15) is 5.75 Å². The first kappa shape index (κ1) is 22.3. The van der Waals surface area contributed by atoms with Crippen molar-refractivity contribution >= 4 is 34.8 Å². The van der Waals surface area contributed by atoms with Crippen LogP contribution in [0.5, 0.6) is 5.75 Å². The molecule has 0 saturated carbocycles. The number of fused-ring (bicyclic) bond motifs is 1. The second kappa shape index (κ2) is 10.1. The molecule has 1 amide bonds. The third-order valence-electron chi connectivity index (χ3n) is 4.85. The molecule has 0 aliphatic rings. The van der Waals surface area contributed by atoms with Crippen molar-refractivity contribution in [2.45, 2.75) is 12.1 Å². The van der Waals surface area contributed by atoms with Gasteiger partial charge in [-0.05, 0) is 48.9 Å². The van der Waals surface area contributed by atoms with E-state index in [0.29, 0.717) is 27.5 Å². The van der Waals surface area contributed by atoms with Gasteiger partial charge in [-0.3, -0.25) is 14.2 Å². The average Bonchev–Trinajstić information content (AvgIpc) is 2.83. The Morgan fingerprint density at radius 2 is 1.91 bits per heavy atom. The molecule has 1 aromatic heterocycles. The molecule has 1 N–H and O–H groups in total. The van der Waals surface area contributed by atoms with E-state index in [4.69, 9.17) is 4.74 Å². The zero-order valence-electron chi connectivity index (χ0n) is 18.2. The van der Waals surface area contributed by atoms with E-state index in [1.807, 2.05) is 37.3 Å². The summed E-state index contributed by atoms with van der Waals surface area (Å²) in [4.78, 5) is 30.3. The molecule has 3 aromatic carbocycles. The molecule has 4 aromatic rings. The lowest BCUT2D eigenvalue weighted by atomic mass is 10.2. The van der Waals surface area contributed by atoms with E-state index in [1.165, 1.54) is 16.3 Å². The summed E-state index contributed by atoms with van der Waals surface area (Å²) in [5.41, 5.74) is 5.54. The van der Waals surface area contributed by atoms with Gasteiger partial charge in [-0.15, -0.1) is 0 Å². The number of hydrogen-bond acceptors (Lipinski definition) is 6. The van der Waals surface area contributed by atoms with E-state index in [-0.39, 0.29) is 17.2 Å². The summed E-state index contributed by atoms with van der Waals surface area (Å²) < 4.78 is 6.73. The maximum Gasteiger partial charge on any atom is 0.266 e. The molecule has 0 bridgehead atoms. The topological polar surface area (TPSA) is 85.6 Å². The number of methoxy groups -OCH3 is 1. The number of nitrogens with zero attached hydrogens (tertiary/aromatic N) is 3. The van der Waals surface area contributed by atoms with Crippen molar-refractivity contribution in [3.63, 3.8) is 0 Å². The lowest BCUT2D eigenvalue weighted by molar-refractivity contribution is -0.118. The van der Waals surface area contributed by atoms with Gasteiger partial charge in [0.2, 0.25) is 0 Å². The Bertz CT molecular complexity index is 1380. The number of para-hydroxylation sites is 1. The summed E-state index contributed by atoms with van der Waals surface area (Å²) in [5.74, 6) is 0.430. The monoisotopic (exact) mass is 458 g/mol. The molecule has 166 valence electrons. The van der Waals surface area contributed by atoms with Crippen LogP contribution < -0.4 is 15.7 Å². The SMILES string of the molecule is COc1ccc(-n2c(SCC(=O)N/N=C\c3cccc(C)c3)nc3ccccc3c2=O)cc1. The van der Waals surface area contributed by atoms with Gasteiger partial charge in [-0.25, -0.2) is 10.4 Å². The van der Waals surface area contributed by atoms with Crippen molar-refractivity contribution in [2.24, 2.45) is 5.10 Å². The van der Waals surface area contributed by atoms with Crippen LogP contribution in [0.15, 0.2) is 87.8 Å². The summed E-state index contributed by atoms with van der Waals surface area (Å²) in [5, 5.41) is 4.94. The second-order valence-corrected chi connectivity index (χ2v) is 8.19. The molecule has 0 saturated heterocycles. The van der Waals surface area contributed by atoms with Crippen molar-refractivity contribution in [3.05, 3.63) is 94.3 Å². The van der Waals surface area contributed by atoms with Crippen LogP contribution in [-0.4, -0.2) is 34.5 Å². The van der Waals surface area contributed by atoms with Gasteiger partial charge in [-0.1, -0.05) is 53.7 Å². The number of hydrazone groups is 1. The van der Waals surface area contributed by atoms with E-state index in [2.05, 4.69) is 15.5 Å². The maximum absolute atomic E-state index is 13.3. The molecule has 0 radical (unpaired) electrons. The van der Waals surface area contributed by atoms with Crippen LogP contribution in [0.1, 0.15) is 11.1 Å². The van der Waals surface area contributed by atoms with E-state index in [1.54, 1.807) is 55.8 Å². The number of carbonyl (C=O) groups is 1. The highest BCUT2D eigenvalue weighted by molar-refractivity contribution is 7.99. The number of benzene rings is 3. The molecular formula is C25H22N4O3S. The quantitative estimate of drug-likeness (QED) is 0.196. The Hall–Kier alpha value is -3.91. The lowest BCUT2D eigenvalue weighted by Crippen LogP contribution is -2.24. The molecule has 0 atom stereocenters. The molecule has 8 heteroatoms. The maximum atomic E-state index is 13.3. The van der Waals surface area contributed by atoms with Crippen LogP contribution in [0.25, 0.3) is 16.6 Å². The highest BCUT2D eigenvalue weighted by atomic mass is 32.2. The number of nitrogens with one attached hydrogen (secondary N) is 1. The van der Waals surface area contributed by atoms with Gasteiger partial charge in [0.25, 0.3) is 11.5 Å². The largest absolute Gasteiger partial charge is 0.497 e. The zero-order valence-corrected chi connectivity index (χ0v) is 19.0. The molecule has 0 spiro atoms. The predicted molar refractivity (Wildman–Crippen MR) is 132 cm³/mol. The smallest absolute Gasteiger partial charge is 0.266 e. The number of aryl methyl sites for hydroxylation is 1. The molecule has 1 heterocycles. The summed E-state index contributed by atoms with van der Waals surface area (Å²) >= 11 is 1.17. The molecule has 4 rings (SSSR count). The average molecular weight is 459 g/mol. The van der Waals surface area contributed by atoms with Crippen LogP contribution >= 0.6 is 11.8 Å². The van der Waals surface area contributed by atoms with E-state index >= 15 is 0 Å². The Labute approximate surface area is 195 Å². The third-order valence-corrected chi connectivity index (χ3v) is 5.79. The van der Waals surface area contributed by atoms with Crippen LogP contribution in [0.2, 0.25) is 0 Å². The van der Waals surface area contributed by atoms with Crippen molar-refractivity contribution < 1.29 is 9.53 Å². The van der Waals surface area contributed by atoms with E-state index in [9.17, 15) is 9.59 Å². The molecule has 0 aliphatic carbocycles. The number of amides is 1. The number of carbonyl (C=O) groups excluding carboxylic acids is 1. The van der Waals surface area contributed by atoms with Crippen LogP contribution in [0, 0.1) is 6.92 Å². The minimum Gasteiger partial charge on any atom is -0.497 e. The Kier molecular flexibility index (Phi) is 6.85. The second-order valence-electron chi connectivity index (χ2n) is 7.25. The van der Waals surface area contributed by atoms with Crippen LogP contribution in [0.3, 0.4) is 0 Å². The molecule has 7 nitrogen and oxygen atoms in total. The predicted octanol–water partition coefficient (Wildman–Crippen LogP) is 3.95. The minimum atomic E-state index is -0.299. The summed E-state index contributed by atoms with van der Waals surface area (Å²) in [6.45, 7) is 1.99.